The van der Waals surface area contributed by atoms with Gasteiger partial charge in [-0.05, 0) is 11.8 Å². The molecule has 1 aliphatic rings. The SMILES string of the molecule is CC(C)[C@H]1COC(=O)N1C(=O)[C@H](Cl)[C@@H](O)C(C)C. The lowest BCUT2D eigenvalue weighted by molar-refractivity contribution is -0.131. The molecule has 1 aliphatic heterocycles. The summed E-state index contributed by atoms with van der Waals surface area (Å²) in [6, 6.07) is -0.314. The molecule has 0 spiro atoms. The van der Waals surface area contributed by atoms with Crippen molar-refractivity contribution < 1.29 is 19.4 Å². The molecule has 6 heteroatoms. The summed E-state index contributed by atoms with van der Waals surface area (Å²) in [5.41, 5.74) is 0. The van der Waals surface area contributed by atoms with Crippen LogP contribution in [0, 0.1) is 11.8 Å². The first-order valence-electron chi connectivity index (χ1n) is 6.09. The molecule has 0 aromatic heterocycles. The fourth-order valence-corrected chi connectivity index (χ4v) is 2.19. The van der Waals surface area contributed by atoms with Crippen LogP contribution in [0.1, 0.15) is 27.7 Å². The summed E-state index contributed by atoms with van der Waals surface area (Å²) in [5.74, 6) is -0.660. The number of hydrogen-bond donors (Lipinski definition) is 1. The Morgan fingerprint density at radius 2 is 2.00 bits per heavy atom. The van der Waals surface area contributed by atoms with Crippen LogP contribution >= 0.6 is 11.6 Å². The van der Waals surface area contributed by atoms with Gasteiger partial charge < -0.3 is 9.84 Å². The maximum atomic E-state index is 12.1. The van der Waals surface area contributed by atoms with Gasteiger partial charge in [0.25, 0.3) is 5.91 Å². The Labute approximate surface area is 112 Å². The number of nitrogens with zero attached hydrogens (tertiary/aromatic N) is 1. The first-order chi connectivity index (χ1) is 8.27. The minimum Gasteiger partial charge on any atom is -0.447 e. The first-order valence-corrected chi connectivity index (χ1v) is 6.53. The van der Waals surface area contributed by atoms with Crippen molar-refractivity contribution in [1.82, 2.24) is 4.90 Å². The Hall–Kier alpha value is -0.810. The molecule has 0 bridgehead atoms. The van der Waals surface area contributed by atoms with Crippen molar-refractivity contribution in [3.05, 3.63) is 0 Å². The van der Waals surface area contributed by atoms with Crippen LogP contribution in [0.15, 0.2) is 0 Å². The number of carbonyl (C=O) groups is 2. The molecule has 1 rings (SSSR count). The van der Waals surface area contributed by atoms with Crippen LogP contribution in [-0.4, -0.2) is 46.1 Å². The van der Waals surface area contributed by atoms with Gasteiger partial charge in [-0.2, -0.15) is 0 Å². The van der Waals surface area contributed by atoms with E-state index in [1.165, 1.54) is 0 Å². The molecule has 5 nitrogen and oxygen atoms in total. The molecule has 0 unspecified atom stereocenters. The van der Waals surface area contributed by atoms with Crippen molar-refractivity contribution in [2.24, 2.45) is 11.8 Å². The zero-order valence-electron chi connectivity index (χ0n) is 11.1. The number of amides is 2. The summed E-state index contributed by atoms with van der Waals surface area (Å²) in [6.07, 6.45) is -1.67. The topological polar surface area (TPSA) is 66.8 Å². The number of hydrogen-bond acceptors (Lipinski definition) is 4. The van der Waals surface area contributed by atoms with Gasteiger partial charge >= 0.3 is 6.09 Å². The summed E-state index contributed by atoms with van der Waals surface area (Å²) in [6.45, 7) is 7.50. The molecule has 0 aliphatic carbocycles. The lowest BCUT2D eigenvalue weighted by Gasteiger charge is -2.27. The van der Waals surface area contributed by atoms with Crippen molar-refractivity contribution in [1.29, 1.82) is 0 Å². The van der Waals surface area contributed by atoms with Crippen LogP contribution in [0.3, 0.4) is 0 Å². The summed E-state index contributed by atoms with van der Waals surface area (Å²) in [5, 5.41) is 8.68. The Morgan fingerprint density at radius 3 is 2.44 bits per heavy atom. The molecular weight excluding hydrogens is 258 g/mol. The summed E-state index contributed by atoms with van der Waals surface area (Å²) >= 11 is 5.94. The number of rotatable bonds is 4. The van der Waals surface area contributed by atoms with E-state index in [9.17, 15) is 14.7 Å². The zero-order chi connectivity index (χ0) is 14.0. The van der Waals surface area contributed by atoms with E-state index in [0.717, 1.165) is 4.90 Å². The van der Waals surface area contributed by atoms with Gasteiger partial charge in [0.1, 0.15) is 12.0 Å². The summed E-state index contributed by atoms with van der Waals surface area (Å²) < 4.78 is 4.88. The molecule has 1 heterocycles. The average molecular weight is 278 g/mol. The number of alkyl halides is 1. The fourth-order valence-electron chi connectivity index (χ4n) is 1.80. The highest BCUT2D eigenvalue weighted by molar-refractivity contribution is 6.32. The van der Waals surface area contributed by atoms with Gasteiger partial charge in [-0.15, -0.1) is 11.6 Å². The number of aliphatic hydroxyl groups excluding tert-OH is 1. The molecule has 2 amide bonds. The number of carbonyl (C=O) groups excluding carboxylic acids is 2. The lowest BCUT2D eigenvalue weighted by atomic mass is 10.0. The van der Waals surface area contributed by atoms with Crippen molar-refractivity contribution in [3.8, 4) is 0 Å². The molecule has 0 aromatic rings. The number of ether oxygens (including phenoxy) is 1. The number of cyclic esters (lactones) is 1. The van der Waals surface area contributed by atoms with Crippen LogP contribution in [-0.2, 0) is 9.53 Å². The Kier molecular flexibility index (Phi) is 4.99. The second-order valence-corrected chi connectivity index (χ2v) is 5.70. The van der Waals surface area contributed by atoms with E-state index < -0.39 is 23.5 Å². The largest absolute Gasteiger partial charge is 0.447 e. The van der Waals surface area contributed by atoms with Gasteiger partial charge in [0.05, 0.1) is 12.1 Å². The molecule has 104 valence electrons. The minimum atomic E-state index is -1.13. The van der Waals surface area contributed by atoms with Crippen LogP contribution in [0.25, 0.3) is 0 Å². The molecule has 1 saturated heterocycles. The van der Waals surface area contributed by atoms with E-state index in [-0.39, 0.29) is 24.5 Å². The molecule has 0 saturated carbocycles. The Bertz CT molecular complexity index is 332. The van der Waals surface area contributed by atoms with E-state index >= 15 is 0 Å². The van der Waals surface area contributed by atoms with E-state index in [0.29, 0.717) is 0 Å². The van der Waals surface area contributed by atoms with E-state index in [1.54, 1.807) is 13.8 Å². The summed E-state index contributed by atoms with van der Waals surface area (Å²) in [4.78, 5) is 24.8. The van der Waals surface area contributed by atoms with Gasteiger partial charge in [0, 0.05) is 0 Å². The van der Waals surface area contributed by atoms with Crippen molar-refractivity contribution in [2.45, 2.75) is 45.2 Å². The van der Waals surface area contributed by atoms with E-state index in [2.05, 4.69) is 0 Å². The Morgan fingerprint density at radius 1 is 1.44 bits per heavy atom. The minimum absolute atomic E-state index is 0.0838. The molecule has 1 fully saturated rings. The van der Waals surface area contributed by atoms with E-state index in [1.807, 2.05) is 13.8 Å². The lowest BCUT2D eigenvalue weighted by Crippen LogP contribution is -2.49. The third kappa shape index (κ3) is 2.95. The fraction of sp³-hybridized carbons (Fsp3) is 0.833. The quantitative estimate of drug-likeness (QED) is 0.793. The smallest absolute Gasteiger partial charge is 0.417 e. The van der Waals surface area contributed by atoms with Crippen molar-refractivity contribution >= 4 is 23.6 Å². The highest BCUT2D eigenvalue weighted by atomic mass is 35.5. The highest BCUT2D eigenvalue weighted by Gasteiger charge is 2.43. The predicted octanol–water partition coefficient (Wildman–Crippen LogP) is 1.61. The molecule has 0 radical (unpaired) electrons. The van der Waals surface area contributed by atoms with Gasteiger partial charge in [0.15, 0.2) is 0 Å². The first kappa shape index (κ1) is 15.2. The molecule has 0 aromatic carbocycles. The van der Waals surface area contributed by atoms with Crippen LogP contribution in [0.2, 0.25) is 0 Å². The maximum Gasteiger partial charge on any atom is 0.417 e. The predicted molar refractivity (Wildman–Crippen MR) is 67.3 cm³/mol. The van der Waals surface area contributed by atoms with Crippen LogP contribution in [0.5, 0.6) is 0 Å². The Balaban J connectivity index is 2.84. The third-order valence-corrected chi connectivity index (χ3v) is 3.58. The van der Waals surface area contributed by atoms with Gasteiger partial charge in [-0.25, -0.2) is 9.69 Å². The molecule has 18 heavy (non-hydrogen) atoms. The van der Waals surface area contributed by atoms with Crippen LogP contribution in [0.4, 0.5) is 4.79 Å². The summed E-state index contributed by atoms with van der Waals surface area (Å²) in [7, 11) is 0. The number of halogens is 1. The van der Waals surface area contributed by atoms with E-state index in [4.69, 9.17) is 16.3 Å². The second kappa shape index (κ2) is 5.89. The second-order valence-electron chi connectivity index (χ2n) is 5.23. The van der Waals surface area contributed by atoms with Gasteiger partial charge in [0.2, 0.25) is 0 Å². The highest BCUT2D eigenvalue weighted by Crippen LogP contribution is 2.24. The van der Waals surface area contributed by atoms with Gasteiger partial charge in [-0.1, -0.05) is 27.7 Å². The number of aliphatic hydroxyl groups is 1. The standard InChI is InChI=1S/C12H20ClNO4/c1-6(2)8-5-18-12(17)14(8)11(16)9(13)10(15)7(3)4/h6-10,15H,5H2,1-4H3/t8-,9-,10+/m1/s1. The average Bonchev–Trinajstić information content (AvgIpc) is 2.68. The van der Waals surface area contributed by atoms with Crippen molar-refractivity contribution in [2.75, 3.05) is 6.61 Å². The maximum absolute atomic E-state index is 12.1. The molecule has 3 atom stereocenters. The number of imide groups is 1. The third-order valence-electron chi connectivity index (χ3n) is 3.13. The van der Waals surface area contributed by atoms with Gasteiger partial charge in [-0.3, -0.25) is 4.79 Å². The molecular formula is C12H20ClNO4. The monoisotopic (exact) mass is 277 g/mol. The normalized spacial score (nSPS) is 23.4. The van der Waals surface area contributed by atoms with Crippen molar-refractivity contribution in [3.63, 3.8) is 0 Å². The molecule has 1 N–H and O–H groups in total. The zero-order valence-corrected chi connectivity index (χ0v) is 11.8. The van der Waals surface area contributed by atoms with Crippen LogP contribution < -0.4 is 0 Å².